The van der Waals surface area contributed by atoms with E-state index in [2.05, 4.69) is 34.3 Å². The lowest BCUT2D eigenvalue weighted by Crippen LogP contribution is -2.12. The molecule has 0 atom stereocenters. The van der Waals surface area contributed by atoms with Crippen LogP contribution in [0.4, 0.5) is 5.69 Å². The first-order chi connectivity index (χ1) is 12.1. The number of fused-ring (bicyclic) bond motifs is 3. The van der Waals surface area contributed by atoms with Crippen LogP contribution in [-0.4, -0.2) is 15.9 Å². The van der Waals surface area contributed by atoms with Gasteiger partial charge in [0, 0.05) is 22.2 Å². The van der Waals surface area contributed by atoms with Crippen molar-refractivity contribution in [2.24, 2.45) is 0 Å². The minimum atomic E-state index is -0.190. The van der Waals surface area contributed by atoms with Gasteiger partial charge in [-0.25, -0.2) is 4.98 Å². The summed E-state index contributed by atoms with van der Waals surface area (Å²) in [5.74, 6) is -0.190. The quantitative estimate of drug-likeness (QED) is 0.565. The fraction of sp³-hybridized carbons (Fsp3) is 0.143. The van der Waals surface area contributed by atoms with Gasteiger partial charge in [-0.3, -0.25) is 4.79 Å². The number of carbonyl (C=O) groups is 1. The van der Waals surface area contributed by atoms with E-state index < -0.39 is 0 Å². The van der Waals surface area contributed by atoms with Crippen molar-refractivity contribution >= 4 is 33.4 Å². The minimum Gasteiger partial charge on any atom is -0.357 e. The standard InChI is InChI=1S/C21H19N3O/c1-3-14-5-4-6-17(11-14)23-21(25)18-12-16-10-9-15-8-7-13(2)22-19(15)20(16)24-18/h4-12,22H,3H2,1-2H3,(H,23,25). The number of anilines is 1. The second kappa shape index (κ2) is 6.06. The maximum Gasteiger partial charge on any atom is 0.274 e. The average Bonchev–Trinajstić information content (AvgIpc) is 3.07. The molecule has 4 rings (SSSR count). The molecule has 0 aliphatic rings. The van der Waals surface area contributed by atoms with Gasteiger partial charge < -0.3 is 10.3 Å². The lowest BCUT2D eigenvalue weighted by molar-refractivity contribution is 0.102. The number of benzene rings is 2. The van der Waals surface area contributed by atoms with E-state index in [9.17, 15) is 4.79 Å². The number of H-pyrrole nitrogens is 1. The van der Waals surface area contributed by atoms with Gasteiger partial charge in [0.15, 0.2) is 0 Å². The fourth-order valence-electron chi connectivity index (χ4n) is 3.06. The van der Waals surface area contributed by atoms with Crippen molar-refractivity contribution < 1.29 is 4.79 Å². The van der Waals surface area contributed by atoms with E-state index in [1.165, 1.54) is 5.56 Å². The zero-order valence-electron chi connectivity index (χ0n) is 14.3. The summed E-state index contributed by atoms with van der Waals surface area (Å²) in [5.41, 5.74) is 5.26. The summed E-state index contributed by atoms with van der Waals surface area (Å²) >= 11 is 0. The Morgan fingerprint density at radius 2 is 1.88 bits per heavy atom. The molecule has 0 saturated heterocycles. The van der Waals surface area contributed by atoms with Crippen LogP contribution in [0.15, 0.2) is 54.6 Å². The van der Waals surface area contributed by atoms with E-state index in [1.807, 2.05) is 49.4 Å². The Morgan fingerprint density at radius 3 is 2.72 bits per heavy atom. The zero-order chi connectivity index (χ0) is 17.4. The monoisotopic (exact) mass is 329 g/mol. The zero-order valence-corrected chi connectivity index (χ0v) is 14.3. The van der Waals surface area contributed by atoms with E-state index in [-0.39, 0.29) is 5.91 Å². The number of rotatable bonds is 3. The van der Waals surface area contributed by atoms with Gasteiger partial charge in [0.2, 0.25) is 0 Å². The summed E-state index contributed by atoms with van der Waals surface area (Å²) < 4.78 is 0. The van der Waals surface area contributed by atoms with E-state index in [0.717, 1.165) is 39.6 Å². The Labute approximate surface area is 145 Å². The Morgan fingerprint density at radius 1 is 1.08 bits per heavy atom. The number of amides is 1. The van der Waals surface area contributed by atoms with Crippen molar-refractivity contribution in [3.8, 4) is 0 Å². The third kappa shape index (κ3) is 2.87. The van der Waals surface area contributed by atoms with Gasteiger partial charge in [0.1, 0.15) is 5.69 Å². The highest BCUT2D eigenvalue weighted by Crippen LogP contribution is 2.25. The summed E-state index contributed by atoms with van der Waals surface area (Å²) in [4.78, 5) is 20.5. The molecule has 2 aromatic carbocycles. The van der Waals surface area contributed by atoms with Gasteiger partial charge in [-0.2, -0.15) is 0 Å². The Hall–Kier alpha value is -3.14. The molecule has 0 aliphatic carbocycles. The maximum atomic E-state index is 12.6. The summed E-state index contributed by atoms with van der Waals surface area (Å²) in [6.07, 6.45) is 0.934. The van der Waals surface area contributed by atoms with Gasteiger partial charge in [-0.1, -0.05) is 37.3 Å². The predicted molar refractivity (Wildman–Crippen MR) is 102 cm³/mol. The van der Waals surface area contributed by atoms with Crippen molar-refractivity contribution in [2.45, 2.75) is 20.3 Å². The predicted octanol–water partition coefficient (Wildman–Crippen LogP) is 4.84. The molecule has 0 aliphatic heterocycles. The molecule has 4 nitrogen and oxygen atoms in total. The number of nitrogens with zero attached hydrogens (tertiary/aromatic N) is 1. The molecule has 4 heteroatoms. The molecule has 0 unspecified atom stereocenters. The molecule has 124 valence electrons. The Bertz CT molecular complexity index is 1090. The minimum absolute atomic E-state index is 0.190. The molecule has 0 fully saturated rings. The van der Waals surface area contributed by atoms with Gasteiger partial charge in [0.05, 0.1) is 11.0 Å². The summed E-state index contributed by atoms with van der Waals surface area (Å²) in [6.45, 7) is 4.10. The average molecular weight is 329 g/mol. The second-order valence-corrected chi connectivity index (χ2v) is 6.26. The molecule has 2 N–H and O–H groups in total. The van der Waals surface area contributed by atoms with Crippen molar-refractivity contribution in [3.63, 3.8) is 0 Å². The first kappa shape index (κ1) is 15.4. The number of aromatic nitrogens is 2. The molecular weight excluding hydrogens is 310 g/mol. The van der Waals surface area contributed by atoms with Crippen LogP contribution in [-0.2, 0) is 6.42 Å². The normalized spacial score (nSPS) is 11.1. The lowest BCUT2D eigenvalue weighted by atomic mass is 10.1. The van der Waals surface area contributed by atoms with Crippen LogP contribution in [0.25, 0.3) is 21.8 Å². The Kier molecular flexibility index (Phi) is 3.73. The number of pyridine rings is 1. The largest absolute Gasteiger partial charge is 0.357 e. The van der Waals surface area contributed by atoms with Crippen molar-refractivity contribution in [3.05, 3.63) is 71.5 Å². The van der Waals surface area contributed by atoms with Crippen molar-refractivity contribution in [1.29, 1.82) is 0 Å². The van der Waals surface area contributed by atoms with Gasteiger partial charge in [-0.15, -0.1) is 0 Å². The lowest BCUT2D eigenvalue weighted by Gasteiger charge is -2.05. The van der Waals surface area contributed by atoms with Crippen LogP contribution in [0.5, 0.6) is 0 Å². The van der Waals surface area contributed by atoms with E-state index in [1.54, 1.807) is 0 Å². The third-order valence-corrected chi connectivity index (χ3v) is 4.43. The molecule has 0 spiro atoms. The topological polar surface area (TPSA) is 57.8 Å². The SMILES string of the molecule is CCc1cccc(NC(=O)c2cc3ccc4ccc(C)[nH]c4c3n2)c1. The van der Waals surface area contributed by atoms with Crippen molar-refractivity contribution in [2.75, 3.05) is 5.32 Å². The van der Waals surface area contributed by atoms with E-state index in [0.29, 0.717) is 5.69 Å². The first-order valence-electron chi connectivity index (χ1n) is 8.43. The highest BCUT2D eigenvalue weighted by Gasteiger charge is 2.13. The van der Waals surface area contributed by atoms with Crippen LogP contribution in [0.3, 0.4) is 0 Å². The molecule has 2 heterocycles. The molecular formula is C21H19N3O. The Balaban J connectivity index is 1.72. The van der Waals surface area contributed by atoms with Crippen LogP contribution >= 0.6 is 0 Å². The molecule has 25 heavy (non-hydrogen) atoms. The smallest absolute Gasteiger partial charge is 0.274 e. The van der Waals surface area contributed by atoms with Gasteiger partial charge >= 0.3 is 0 Å². The van der Waals surface area contributed by atoms with Crippen LogP contribution in [0, 0.1) is 6.92 Å². The van der Waals surface area contributed by atoms with Gasteiger partial charge in [-0.05, 0) is 43.2 Å². The van der Waals surface area contributed by atoms with E-state index in [4.69, 9.17) is 0 Å². The van der Waals surface area contributed by atoms with Gasteiger partial charge in [0.25, 0.3) is 5.91 Å². The number of hydrogen-bond acceptors (Lipinski definition) is 2. The summed E-state index contributed by atoms with van der Waals surface area (Å²) in [6, 6.07) is 17.9. The summed E-state index contributed by atoms with van der Waals surface area (Å²) in [7, 11) is 0. The number of aromatic amines is 1. The number of hydrogen-bond donors (Lipinski definition) is 2. The molecule has 0 radical (unpaired) electrons. The van der Waals surface area contributed by atoms with Crippen LogP contribution in [0.2, 0.25) is 0 Å². The maximum absolute atomic E-state index is 12.6. The fourth-order valence-corrected chi connectivity index (χ4v) is 3.06. The third-order valence-electron chi connectivity index (χ3n) is 4.43. The van der Waals surface area contributed by atoms with Crippen LogP contribution in [0.1, 0.15) is 28.7 Å². The number of nitrogens with one attached hydrogen (secondary N) is 2. The highest BCUT2D eigenvalue weighted by atomic mass is 16.1. The number of carbonyl (C=O) groups excluding carboxylic acids is 1. The summed E-state index contributed by atoms with van der Waals surface area (Å²) in [5, 5.41) is 4.98. The molecule has 1 amide bonds. The van der Waals surface area contributed by atoms with Crippen molar-refractivity contribution in [1.82, 2.24) is 9.97 Å². The highest BCUT2D eigenvalue weighted by molar-refractivity contribution is 6.10. The van der Waals surface area contributed by atoms with Crippen LogP contribution < -0.4 is 5.32 Å². The van der Waals surface area contributed by atoms with E-state index >= 15 is 0 Å². The molecule has 0 saturated carbocycles. The second-order valence-electron chi connectivity index (χ2n) is 6.26. The molecule has 4 aromatic rings. The molecule has 2 aromatic heterocycles. The first-order valence-corrected chi connectivity index (χ1v) is 8.43. The number of aryl methyl sites for hydroxylation is 2. The molecule has 0 bridgehead atoms.